The molecule has 3 heteroatoms. The van der Waals surface area contributed by atoms with Gasteiger partial charge in [0.2, 0.25) is 0 Å². The van der Waals surface area contributed by atoms with Gasteiger partial charge in [-0.05, 0) is 37.1 Å². The number of benzene rings is 2. The van der Waals surface area contributed by atoms with E-state index in [0.717, 1.165) is 11.1 Å². The number of carbonyl (C=O) groups is 1. The second-order valence-electron chi connectivity index (χ2n) is 4.82. The lowest BCUT2D eigenvalue weighted by Crippen LogP contribution is -2.13. The maximum Gasteiger partial charge on any atom is 0.187 e. The summed E-state index contributed by atoms with van der Waals surface area (Å²) in [5.74, 6) is -2.06. The number of ketones is 1. The van der Waals surface area contributed by atoms with E-state index in [-0.39, 0.29) is 5.56 Å². The van der Waals surface area contributed by atoms with E-state index in [0.29, 0.717) is 5.56 Å². The summed E-state index contributed by atoms with van der Waals surface area (Å²) in [6, 6.07) is 13.5. The lowest BCUT2D eigenvalue weighted by Gasteiger charge is -2.10. The van der Waals surface area contributed by atoms with Gasteiger partial charge in [0.15, 0.2) is 5.78 Å². The Morgan fingerprint density at radius 1 is 1.15 bits per heavy atom. The molecule has 0 heterocycles. The summed E-state index contributed by atoms with van der Waals surface area (Å²) in [4.78, 5) is 12.4. The quantitative estimate of drug-likeness (QED) is 0.790. The zero-order valence-corrected chi connectivity index (χ0v) is 11.4. The molecule has 0 aliphatic carbocycles. The fourth-order valence-electron chi connectivity index (χ4n) is 2.11. The largest absolute Gasteiger partial charge is 0.292 e. The highest BCUT2D eigenvalue weighted by atomic mass is 19.1. The Morgan fingerprint density at radius 2 is 1.85 bits per heavy atom. The van der Waals surface area contributed by atoms with E-state index in [9.17, 15) is 14.4 Å². The number of hydrogen-bond donors (Lipinski definition) is 0. The highest BCUT2D eigenvalue weighted by Crippen LogP contribution is 2.23. The Kier molecular flexibility index (Phi) is 3.95. The first kappa shape index (κ1) is 14.0. The molecule has 2 rings (SSSR count). The molecule has 0 aromatic heterocycles. The Bertz CT molecular complexity index is 700. The van der Waals surface area contributed by atoms with E-state index in [1.54, 1.807) is 31.2 Å². The fraction of sp³-hybridized carbons (Fsp3) is 0.176. The maximum atomic E-state index is 13.9. The van der Waals surface area contributed by atoms with Gasteiger partial charge in [-0.1, -0.05) is 35.9 Å². The summed E-state index contributed by atoms with van der Waals surface area (Å²) in [5.41, 5.74) is 2.25. The molecule has 0 fully saturated rings. The predicted molar refractivity (Wildman–Crippen MR) is 75.0 cm³/mol. The van der Waals surface area contributed by atoms with Crippen molar-refractivity contribution < 1.29 is 9.18 Å². The lowest BCUT2D eigenvalue weighted by molar-refractivity contribution is 0.0975. The number of nitrogens with zero attached hydrogens (tertiary/aromatic N) is 1. The third kappa shape index (κ3) is 2.75. The van der Waals surface area contributed by atoms with Crippen molar-refractivity contribution in [3.63, 3.8) is 0 Å². The van der Waals surface area contributed by atoms with E-state index in [4.69, 9.17) is 0 Å². The molecule has 0 radical (unpaired) electrons. The van der Waals surface area contributed by atoms with Crippen molar-refractivity contribution in [1.82, 2.24) is 0 Å². The van der Waals surface area contributed by atoms with E-state index >= 15 is 0 Å². The minimum Gasteiger partial charge on any atom is -0.292 e. The van der Waals surface area contributed by atoms with Crippen LogP contribution in [0.2, 0.25) is 0 Å². The van der Waals surface area contributed by atoms with Crippen molar-refractivity contribution >= 4 is 5.78 Å². The standard InChI is InChI=1S/C17H14FNO/c1-11-4-3-5-13(8-11)15(10-19)17(20)14-7-6-12(2)9-16(14)18/h3-9,15H,1-2H3. The third-order valence-corrected chi connectivity index (χ3v) is 3.16. The summed E-state index contributed by atoms with van der Waals surface area (Å²) in [5, 5.41) is 9.25. The van der Waals surface area contributed by atoms with Crippen LogP contribution in [0.15, 0.2) is 42.5 Å². The summed E-state index contributed by atoms with van der Waals surface area (Å²) >= 11 is 0. The second-order valence-corrected chi connectivity index (χ2v) is 4.82. The molecule has 1 unspecified atom stereocenters. The van der Waals surface area contributed by atoms with E-state index in [1.165, 1.54) is 12.1 Å². The van der Waals surface area contributed by atoms with E-state index in [2.05, 4.69) is 0 Å². The Hall–Kier alpha value is -2.47. The fourth-order valence-corrected chi connectivity index (χ4v) is 2.11. The number of halogens is 1. The van der Waals surface area contributed by atoms with Crippen molar-refractivity contribution in [2.75, 3.05) is 0 Å². The molecule has 2 aromatic rings. The zero-order valence-electron chi connectivity index (χ0n) is 11.4. The van der Waals surface area contributed by atoms with Crippen LogP contribution in [-0.4, -0.2) is 5.78 Å². The Morgan fingerprint density at radius 3 is 2.45 bits per heavy atom. The van der Waals surface area contributed by atoms with Crippen LogP contribution in [0.3, 0.4) is 0 Å². The van der Waals surface area contributed by atoms with Gasteiger partial charge >= 0.3 is 0 Å². The van der Waals surface area contributed by atoms with Crippen molar-refractivity contribution in [1.29, 1.82) is 5.26 Å². The van der Waals surface area contributed by atoms with E-state index < -0.39 is 17.5 Å². The van der Waals surface area contributed by atoms with Crippen molar-refractivity contribution in [2.45, 2.75) is 19.8 Å². The molecule has 0 amide bonds. The number of hydrogen-bond acceptors (Lipinski definition) is 2. The van der Waals surface area contributed by atoms with Gasteiger partial charge in [-0.2, -0.15) is 5.26 Å². The molecule has 2 aromatic carbocycles. The topological polar surface area (TPSA) is 40.9 Å². The van der Waals surface area contributed by atoms with Crippen LogP contribution in [0, 0.1) is 31.0 Å². The van der Waals surface area contributed by atoms with Crippen LogP contribution < -0.4 is 0 Å². The first-order valence-corrected chi connectivity index (χ1v) is 6.29. The van der Waals surface area contributed by atoms with Crippen LogP contribution >= 0.6 is 0 Å². The molecule has 1 atom stereocenters. The first-order valence-electron chi connectivity index (χ1n) is 6.29. The van der Waals surface area contributed by atoms with Crippen LogP contribution in [0.4, 0.5) is 4.39 Å². The predicted octanol–water partition coefficient (Wildman–Crippen LogP) is 3.93. The van der Waals surface area contributed by atoms with Crippen LogP contribution in [0.1, 0.15) is 33.0 Å². The minimum atomic E-state index is -0.980. The van der Waals surface area contributed by atoms with Crippen LogP contribution in [0.5, 0.6) is 0 Å². The van der Waals surface area contributed by atoms with E-state index in [1.807, 2.05) is 19.1 Å². The molecule has 0 saturated carbocycles. The van der Waals surface area contributed by atoms with Gasteiger partial charge in [-0.3, -0.25) is 4.79 Å². The Labute approximate surface area is 117 Å². The number of nitriles is 1. The molecule has 0 N–H and O–H groups in total. The third-order valence-electron chi connectivity index (χ3n) is 3.16. The van der Waals surface area contributed by atoms with Gasteiger partial charge in [0, 0.05) is 0 Å². The highest BCUT2D eigenvalue weighted by molar-refractivity contribution is 6.03. The molecule has 100 valence electrons. The first-order chi connectivity index (χ1) is 9.52. The average molecular weight is 267 g/mol. The summed E-state index contributed by atoms with van der Waals surface area (Å²) < 4.78 is 13.9. The molecule has 0 aliphatic rings. The SMILES string of the molecule is Cc1cccc(C(C#N)C(=O)c2ccc(C)cc2F)c1. The molecule has 0 spiro atoms. The van der Waals surface area contributed by atoms with Gasteiger partial charge in [0.05, 0.1) is 11.6 Å². The van der Waals surface area contributed by atoms with Crippen LogP contribution in [-0.2, 0) is 0 Å². The number of carbonyl (C=O) groups excluding carboxylic acids is 1. The van der Waals surface area contributed by atoms with Gasteiger partial charge < -0.3 is 0 Å². The van der Waals surface area contributed by atoms with Gasteiger partial charge in [-0.15, -0.1) is 0 Å². The monoisotopic (exact) mass is 267 g/mol. The van der Waals surface area contributed by atoms with Crippen LogP contribution in [0.25, 0.3) is 0 Å². The average Bonchev–Trinajstić information content (AvgIpc) is 2.39. The van der Waals surface area contributed by atoms with Gasteiger partial charge in [0.25, 0.3) is 0 Å². The number of aryl methyl sites for hydroxylation is 2. The lowest BCUT2D eigenvalue weighted by atomic mass is 9.90. The zero-order chi connectivity index (χ0) is 14.7. The summed E-state index contributed by atoms with van der Waals surface area (Å²) in [6.07, 6.45) is 0. The van der Waals surface area contributed by atoms with Crippen molar-refractivity contribution in [3.8, 4) is 6.07 Å². The molecular formula is C17H14FNO. The normalized spacial score (nSPS) is 11.7. The molecule has 0 aliphatic heterocycles. The van der Waals surface area contributed by atoms with Gasteiger partial charge in [0.1, 0.15) is 11.7 Å². The van der Waals surface area contributed by atoms with Crippen molar-refractivity contribution in [3.05, 3.63) is 70.5 Å². The number of rotatable bonds is 3. The molecule has 2 nitrogen and oxygen atoms in total. The highest BCUT2D eigenvalue weighted by Gasteiger charge is 2.24. The van der Waals surface area contributed by atoms with Gasteiger partial charge in [-0.25, -0.2) is 4.39 Å². The molecule has 0 bridgehead atoms. The molecule has 20 heavy (non-hydrogen) atoms. The summed E-state index contributed by atoms with van der Waals surface area (Å²) in [7, 11) is 0. The Balaban J connectivity index is 2.42. The second kappa shape index (κ2) is 5.66. The molecule has 0 saturated heterocycles. The molecular weight excluding hydrogens is 253 g/mol. The minimum absolute atomic E-state index is 0.0383. The van der Waals surface area contributed by atoms with Crippen molar-refractivity contribution in [2.24, 2.45) is 0 Å². The summed E-state index contributed by atoms with van der Waals surface area (Å²) in [6.45, 7) is 3.63. The number of Topliss-reactive ketones (excluding diaryl/α,β-unsaturated/α-hetero) is 1. The maximum absolute atomic E-state index is 13.9. The smallest absolute Gasteiger partial charge is 0.187 e.